The summed E-state index contributed by atoms with van der Waals surface area (Å²) in [5, 5.41) is 10.5. The molecule has 0 bridgehead atoms. The first-order valence-electron chi connectivity index (χ1n) is 9.32. The van der Waals surface area contributed by atoms with Crippen molar-refractivity contribution in [3.63, 3.8) is 0 Å². The van der Waals surface area contributed by atoms with E-state index >= 15 is 0 Å². The minimum absolute atomic E-state index is 0.187. The van der Waals surface area contributed by atoms with Gasteiger partial charge >= 0.3 is 0 Å². The number of fused-ring (bicyclic) bond motifs is 1. The quantitative estimate of drug-likeness (QED) is 0.414. The van der Waals surface area contributed by atoms with Crippen molar-refractivity contribution in [1.29, 1.82) is 0 Å². The van der Waals surface area contributed by atoms with Crippen LogP contribution in [0.3, 0.4) is 0 Å². The second-order valence-corrected chi connectivity index (χ2v) is 8.55. The number of ether oxygens (including phenoxy) is 2. The summed E-state index contributed by atoms with van der Waals surface area (Å²) in [6.07, 6.45) is 1.00. The third-order valence-corrected chi connectivity index (χ3v) is 4.92. The molecule has 0 radical (unpaired) electrons. The van der Waals surface area contributed by atoms with Gasteiger partial charge in [0, 0.05) is 31.8 Å². The molecule has 0 saturated heterocycles. The highest BCUT2D eigenvalue weighted by atomic mass is 79.9. The highest BCUT2D eigenvalue weighted by molar-refractivity contribution is 9.10. The Labute approximate surface area is 177 Å². The molecule has 3 rings (SSSR count). The molecule has 8 heteroatoms. The lowest BCUT2D eigenvalue weighted by molar-refractivity contribution is -0.169. The Morgan fingerprint density at radius 3 is 2.69 bits per heavy atom. The maximum atomic E-state index is 13.9. The summed E-state index contributed by atoms with van der Waals surface area (Å²) in [5.74, 6) is 0.357. The van der Waals surface area contributed by atoms with Gasteiger partial charge in [-0.05, 0) is 60.5 Å². The zero-order valence-corrected chi connectivity index (χ0v) is 18.5. The largest absolute Gasteiger partial charge is 0.383 e. The van der Waals surface area contributed by atoms with Crippen molar-refractivity contribution in [2.75, 3.05) is 13.7 Å². The van der Waals surface area contributed by atoms with Crippen molar-refractivity contribution >= 4 is 27.0 Å². The van der Waals surface area contributed by atoms with E-state index in [1.54, 1.807) is 19.4 Å². The zero-order valence-electron chi connectivity index (χ0n) is 16.9. The molecular formula is C21H25BrFN3O3. The molecular weight excluding hydrogens is 441 g/mol. The second kappa shape index (κ2) is 8.87. The predicted molar refractivity (Wildman–Crippen MR) is 112 cm³/mol. The number of imidazole rings is 1. The van der Waals surface area contributed by atoms with Crippen molar-refractivity contribution in [2.24, 2.45) is 0 Å². The summed E-state index contributed by atoms with van der Waals surface area (Å²) in [6, 6.07) is 6.98. The summed E-state index contributed by atoms with van der Waals surface area (Å²) in [4.78, 5) is 8.73. The number of nitrogens with zero attached hydrogens (tertiary/aromatic N) is 3. The Balaban J connectivity index is 1.99. The summed E-state index contributed by atoms with van der Waals surface area (Å²) < 4.78 is 27.0. The van der Waals surface area contributed by atoms with Gasteiger partial charge in [0.1, 0.15) is 10.4 Å². The third-order valence-electron chi connectivity index (χ3n) is 4.34. The van der Waals surface area contributed by atoms with Gasteiger partial charge in [0.05, 0.1) is 23.2 Å². The molecule has 0 aliphatic heterocycles. The Bertz CT molecular complexity index is 1000. The number of hydrogen-bond acceptors (Lipinski definition) is 5. The molecule has 6 nitrogen and oxygen atoms in total. The van der Waals surface area contributed by atoms with E-state index in [0.29, 0.717) is 25.1 Å². The van der Waals surface area contributed by atoms with Gasteiger partial charge in [-0.2, -0.15) is 0 Å². The average molecular weight is 466 g/mol. The van der Waals surface area contributed by atoms with Gasteiger partial charge in [-0.3, -0.25) is 0 Å². The smallest absolute Gasteiger partial charge is 0.181 e. The van der Waals surface area contributed by atoms with Crippen LogP contribution in [-0.4, -0.2) is 39.0 Å². The molecule has 2 heterocycles. The highest BCUT2D eigenvalue weighted by Crippen LogP contribution is 2.26. The minimum Gasteiger partial charge on any atom is -0.383 e. The molecule has 29 heavy (non-hydrogen) atoms. The van der Waals surface area contributed by atoms with Crippen LogP contribution < -0.4 is 0 Å². The van der Waals surface area contributed by atoms with Crippen LogP contribution in [0.2, 0.25) is 0 Å². The van der Waals surface area contributed by atoms with Gasteiger partial charge in [0.15, 0.2) is 12.1 Å². The fraction of sp³-hybridized carbons (Fsp3) is 0.429. The fourth-order valence-corrected chi connectivity index (χ4v) is 3.27. The molecule has 1 N–H and O–H groups in total. The Morgan fingerprint density at radius 1 is 1.28 bits per heavy atom. The number of pyridine rings is 1. The van der Waals surface area contributed by atoms with Crippen molar-refractivity contribution in [2.45, 2.75) is 45.6 Å². The van der Waals surface area contributed by atoms with E-state index in [-0.39, 0.29) is 4.60 Å². The molecule has 3 aromatic rings. The molecule has 1 aromatic carbocycles. The van der Waals surface area contributed by atoms with Crippen LogP contribution >= 0.6 is 15.9 Å². The van der Waals surface area contributed by atoms with Crippen LogP contribution in [0.15, 0.2) is 35.1 Å². The fourth-order valence-electron chi connectivity index (χ4n) is 3.05. The van der Waals surface area contributed by atoms with Crippen LogP contribution in [0.1, 0.15) is 44.0 Å². The van der Waals surface area contributed by atoms with Gasteiger partial charge in [0.2, 0.25) is 0 Å². The monoisotopic (exact) mass is 465 g/mol. The van der Waals surface area contributed by atoms with Gasteiger partial charge in [-0.25, -0.2) is 14.4 Å². The van der Waals surface area contributed by atoms with E-state index in [9.17, 15) is 9.50 Å². The Kier molecular flexibility index (Phi) is 6.68. The number of halogens is 2. The van der Waals surface area contributed by atoms with Gasteiger partial charge in [0.25, 0.3) is 0 Å². The number of aliphatic hydroxyl groups excluding tert-OH is 1. The number of rotatable bonds is 7. The molecule has 156 valence electrons. The number of hydrogen-bond donors (Lipinski definition) is 1. The van der Waals surface area contributed by atoms with Crippen molar-refractivity contribution in [1.82, 2.24) is 14.5 Å². The SMILES string of the molecule is COCCn1c(Cc2cnc(Br)c(F)c2)nc2ccc(C(O)OC(C)(C)C)cc21. The minimum atomic E-state index is -1.04. The summed E-state index contributed by atoms with van der Waals surface area (Å²) >= 11 is 3.07. The van der Waals surface area contributed by atoms with Crippen LogP contribution in [-0.2, 0) is 22.4 Å². The molecule has 0 aliphatic carbocycles. The summed E-state index contributed by atoms with van der Waals surface area (Å²) in [7, 11) is 1.64. The lowest BCUT2D eigenvalue weighted by Crippen LogP contribution is -2.22. The third kappa shape index (κ3) is 5.39. The lowest BCUT2D eigenvalue weighted by Gasteiger charge is -2.24. The van der Waals surface area contributed by atoms with Crippen molar-refractivity contribution in [3.8, 4) is 0 Å². The average Bonchev–Trinajstić information content (AvgIpc) is 2.97. The van der Waals surface area contributed by atoms with E-state index in [1.807, 2.05) is 37.5 Å². The molecule has 1 unspecified atom stereocenters. The number of aromatic nitrogens is 3. The zero-order chi connectivity index (χ0) is 21.2. The topological polar surface area (TPSA) is 69.4 Å². The van der Waals surface area contributed by atoms with E-state index in [2.05, 4.69) is 20.9 Å². The standard InChI is InChI=1S/C21H25BrFN3O3/c1-21(2,3)29-20(27)14-5-6-16-17(11-14)26(7-8-28-4)18(25-16)10-13-9-15(23)19(22)24-12-13/h5-6,9,11-12,20,27H,7-8,10H2,1-4H3. The van der Waals surface area contributed by atoms with Gasteiger partial charge in [-0.1, -0.05) is 6.07 Å². The van der Waals surface area contributed by atoms with Gasteiger partial charge < -0.3 is 19.1 Å². The Morgan fingerprint density at radius 2 is 2.03 bits per heavy atom. The maximum Gasteiger partial charge on any atom is 0.181 e. The summed E-state index contributed by atoms with van der Waals surface area (Å²) in [5.41, 5.74) is 2.53. The van der Waals surface area contributed by atoms with Crippen molar-refractivity contribution in [3.05, 3.63) is 57.8 Å². The van der Waals surface area contributed by atoms with E-state index in [4.69, 9.17) is 14.5 Å². The van der Waals surface area contributed by atoms with Crippen molar-refractivity contribution < 1.29 is 19.0 Å². The highest BCUT2D eigenvalue weighted by Gasteiger charge is 2.20. The molecule has 0 saturated carbocycles. The number of methoxy groups -OCH3 is 1. The molecule has 0 fully saturated rings. The molecule has 1 atom stereocenters. The van der Waals surface area contributed by atoms with E-state index in [1.165, 1.54) is 6.07 Å². The van der Waals surface area contributed by atoms with Crippen LogP contribution in [0.4, 0.5) is 4.39 Å². The normalized spacial score (nSPS) is 13.2. The lowest BCUT2D eigenvalue weighted by atomic mass is 10.1. The first kappa shape index (κ1) is 21.8. The maximum absolute atomic E-state index is 13.9. The second-order valence-electron chi connectivity index (χ2n) is 7.80. The molecule has 0 aliphatic rings. The number of benzene rings is 1. The van der Waals surface area contributed by atoms with E-state index in [0.717, 1.165) is 22.4 Å². The molecule has 2 aromatic heterocycles. The van der Waals surface area contributed by atoms with Gasteiger partial charge in [-0.15, -0.1) is 0 Å². The predicted octanol–water partition coefficient (Wildman–Crippen LogP) is 4.38. The molecule has 0 amide bonds. The first-order valence-corrected chi connectivity index (χ1v) is 10.1. The number of aliphatic hydroxyl groups is 1. The summed E-state index contributed by atoms with van der Waals surface area (Å²) in [6.45, 7) is 6.74. The van der Waals surface area contributed by atoms with Crippen LogP contribution in [0.25, 0.3) is 11.0 Å². The molecule has 0 spiro atoms. The Hall–Kier alpha value is -1.87. The van der Waals surface area contributed by atoms with Crippen LogP contribution in [0, 0.1) is 5.82 Å². The first-order chi connectivity index (χ1) is 13.7. The van der Waals surface area contributed by atoms with Crippen LogP contribution in [0.5, 0.6) is 0 Å². The van der Waals surface area contributed by atoms with E-state index < -0.39 is 17.7 Å².